The van der Waals surface area contributed by atoms with E-state index in [9.17, 15) is 13.2 Å². The van der Waals surface area contributed by atoms with E-state index in [0.717, 1.165) is 56.9 Å². The molecule has 6 heteroatoms. The van der Waals surface area contributed by atoms with Crippen molar-refractivity contribution in [3.63, 3.8) is 0 Å². The first-order chi connectivity index (χ1) is 12.9. The molecule has 27 heavy (non-hydrogen) atoms. The first-order valence-corrected chi connectivity index (χ1v) is 12.0. The third-order valence-electron chi connectivity index (χ3n) is 6.91. The predicted octanol–water partition coefficient (Wildman–Crippen LogP) is 3.25. The highest BCUT2D eigenvalue weighted by atomic mass is 32.2. The molecule has 0 radical (unpaired) electrons. The largest absolute Gasteiger partial charge is 0.327 e. The normalized spacial score (nSPS) is 31.1. The van der Waals surface area contributed by atoms with Crippen molar-refractivity contribution < 1.29 is 13.2 Å². The van der Waals surface area contributed by atoms with Crippen molar-refractivity contribution in [2.24, 2.45) is 23.5 Å². The van der Waals surface area contributed by atoms with Gasteiger partial charge in [-0.15, -0.1) is 0 Å². The smallest absolute Gasteiger partial charge is 0.229 e. The first-order valence-electron chi connectivity index (χ1n) is 10.3. The van der Waals surface area contributed by atoms with Crippen molar-refractivity contribution in [3.05, 3.63) is 29.8 Å². The highest BCUT2D eigenvalue weighted by Crippen LogP contribution is 2.47. The molecule has 1 aromatic rings. The van der Waals surface area contributed by atoms with Crippen molar-refractivity contribution >= 4 is 21.4 Å². The standard InChI is InChI=1S/C21H30N2O3S/c22-20-16-10-9-15(12-16)19(20)21(24)23-17-6-4-5-14(11-17)13-27(25,26)18-7-2-1-3-8-18/h4-6,11,15-16,18-20H,1-3,7-10,12-13,22H2,(H,23,24). The van der Waals surface area contributed by atoms with Gasteiger partial charge in [-0.3, -0.25) is 4.79 Å². The summed E-state index contributed by atoms with van der Waals surface area (Å²) >= 11 is 0. The molecule has 1 amide bonds. The van der Waals surface area contributed by atoms with Crippen LogP contribution in [0.1, 0.15) is 56.9 Å². The van der Waals surface area contributed by atoms with E-state index in [1.165, 1.54) is 0 Å². The van der Waals surface area contributed by atoms with E-state index in [-0.39, 0.29) is 28.9 Å². The number of nitrogens with two attached hydrogens (primary N) is 1. The summed E-state index contributed by atoms with van der Waals surface area (Å²) < 4.78 is 25.4. The summed E-state index contributed by atoms with van der Waals surface area (Å²) in [4.78, 5) is 12.7. The lowest BCUT2D eigenvalue weighted by atomic mass is 9.84. The number of benzene rings is 1. The Bertz CT molecular complexity index is 799. The van der Waals surface area contributed by atoms with Crippen molar-refractivity contribution in [1.82, 2.24) is 0 Å². The van der Waals surface area contributed by atoms with Crippen molar-refractivity contribution in [2.45, 2.75) is 68.4 Å². The number of fused-ring (bicyclic) bond motifs is 2. The number of anilines is 1. The lowest BCUT2D eigenvalue weighted by Crippen LogP contribution is -2.42. The second kappa shape index (κ2) is 7.55. The van der Waals surface area contributed by atoms with E-state index in [0.29, 0.717) is 17.5 Å². The van der Waals surface area contributed by atoms with Crippen LogP contribution in [0.4, 0.5) is 5.69 Å². The molecule has 1 aromatic carbocycles. The van der Waals surface area contributed by atoms with Crippen LogP contribution < -0.4 is 11.1 Å². The van der Waals surface area contributed by atoms with Gasteiger partial charge in [0.25, 0.3) is 0 Å². The molecule has 0 spiro atoms. The Hall–Kier alpha value is -1.40. The Morgan fingerprint density at radius 1 is 1.07 bits per heavy atom. The van der Waals surface area contributed by atoms with Crippen molar-refractivity contribution in [2.75, 3.05) is 5.32 Å². The second-order valence-electron chi connectivity index (χ2n) is 8.69. The van der Waals surface area contributed by atoms with Crippen LogP contribution in [0.25, 0.3) is 0 Å². The number of carbonyl (C=O) groups is 1. The Labute approximate surface area is 162 Å². The minimum atomic E-state index is -3.15. The summed E-state index contributed by atoms with van der Waals surface area (Å²) in [5.74, 6) is 0.813. The monoisotopic (exact) mass is 390 g/mol. The third-order valence-corrected chi connectivity index (χ3v) is 9.13. The molecule has 4 rings (SSSR count). The maximum absolute atomic E-state index is 12.7. The van der Waals surface area contributed by atoms with Gasteiger partial charge in [0, 0.05) is 11.7 Å². The van der Waals surface area contributed by atoms with E-state index in [2.05, 4.69) is 5.32 Å². The Morgan fingerprint density at radius 2 is 1.81 bits per heavy atom. The maximum Gasteiger partial charge on any atom is 0.229 e. The molecular formula is C21H30N2O3S. The fraction of sp³-hybridized carbons (Fsp3) is 0.667. The van der Waals surface area contributed by atoms with Gasteiger partial charge in [0.1, 0.15) is 0 Å². The molecule has 2 bridgehead atoms. The van der Waals surface area contributed by atoms with Crippen LogP contribution in [0.2, 0.25) is 0 Å². The van der Waals surface area contributed by atoms with Crippen LogP contribution in [-0.2, 0) is 20.4 Å². The lowest BCUT2D eigenvalue weighted by Gasteiger charge is -2.27. The summed E-state index contributed by atoms with van der Waals surface area (Å²) in [6.07, 6.45) is 8.01. The van der Waals surface area contributed by atoms with Crippen LogP contribution >= 0.6 is 0 Å². The van der Waals surface area contributed by atoms with Crippen LogP contribution in [0.3, 0.4) is 0 Å². The highest BCUT2D eigenvalue weighted by Gasteiger charge is 2.49. The van der Waals surface area contributed by atoms with Crippen molar-refractivity contribution in [1.29, 1.82) is 0 Å². The number of nitrogens with one attached hydrogen (secondary N) is 1. The molecule has 5 nitrogen and oxygen atoms in total. The number of amides is 1. The Kier molecular flexibility index (Phi) is 5.30. The van der Waals surface area contributed by atoms with Gasteiger partial charge in [-0.2, -0.15) is 0 Å². The molecule has 3 fully saturated rings. The van der Waals surface area contributed by atoms with E-state index >= 15 is 0 Å². The second-order valence-corrected chi connectivity index (χ2v) is 11.0. The minimum absolute atomic E-state index is 0.0120. The van der Waals surface area contributed by atoms with Crippen LogP contribution in [-0.4, -0.2) is 25.6 Å². The lowest BCUT2D eigenvalue weighted by molar-refractivity contribution is -0.121. The minimum Gasteiger partial charge on any atom is -0.327 e. The van der Waals surface area contributed by atoms with Gasteiger partial charge < -0.3 is 11.1 Å². The SMILES string of the molecule is NC1C2CCC(C2)C1C(=O)Nc1cccc(CS(=O)(=O)C2CCCCC2)c1. The van der Waals surface area contributed by atoms with Crippen LogP contribution in [0.5, 0.6) is 0 Å². The van der Waals surface area contributed by atoms with Gasteiger partial charge in [0.05, 0.1) is 16.9 Å². The van der Waals surface area contributed by atoms with Gasteiger partial charge in [0.2, 0.25) is 5.91 Å². The third kappa shape index (κ3) is 3.92. The Balaban J connectivity index is 1.42. The average Bonchev–Trinajstić information content (AvgIpc) is 3.23. The molecule has 3 N–H and O–H groups in total. The van der Waals surface area contributed by atoms with E-state index in [1.807, 2.05) is 18.2 Å². The fourth-order valence-corrected chi connectivity index (χ4v) is 7.40. The molecule has 3 saturated carbocycles. The molecular weight excluding hydrogens is 360 g/mol. The molecule has 4 atom stereocenters. The van der Waals surface area contributed by atoms with Gasteiger partial charge >= 0.3 is 0 Å². The fourth-order valence-electron chi connectivity index (χ4n) is 5.46. The zero-order valence-corrected chi connectivity index (χ0v) is 16.6. The zero-order valence-electron chi connectivity index (χ0n) is 15.8. The molecule has 148 valence electrons. The highest BCUT2D eigenvalue weighted by molar-refractivity contribution is 7.91. The number of sulfone groups is 1. The topological polar surface area (TPSA) is 89.3 Å². The van der Waals surface area contributed by atoms with Gasteiger partial charge in [-0.25, -0.2) is 8.42 Å². The van der Waals surface area contributed by atoms with Crippen LogP contribution in [0.15, 0.2) is 24.3 Å². The van der Waals surface area contributed by atoms with Gasteiger partial charge in [-0.1, -0.05) is 31.4 Å². The maximum atomic E-state index is 12.7. The molecule has 3 aliphatic carbocycles. The van der Waals surface area contributed by atoms with E-state index < -0.39 is 9.84 Å². The molecule has 0 aromatic heterocycles. The predicted molar refractivity (Wildman–Crippen MR) is 107 cm³/mol. The van der Waals surface area contributed by atoms with E-state index in [1.54, 1.807) is 6.07 Å². The number of hydrogen-bond acceptors (Lipinski definition) is 4. The zero-order chi connectivity index (χ0) is 19.0. The summed E-state index contributed by atoms with van der Waals surface area (Å²) in [6.45, 7) is 0. The molecule has 4 unspecified atom stereocenters. The summed E-state index contributed by atoms with van der Waals surface area (Å²) in [6, 6.07) is 7.24. The first kappa shape index (κ1) is 18.9. The summed E-state index contributed by atoms with van der Waals surface area (Å²) in [5.41, 5.74) is 7.69. The van der Waals surface area contributed by atoms with Gasteiger partial charge in [0.15, 0.2) is 9.84 Å². The molecule has 0 saturated heterocycles. The van der Waals surface area contributed by atoms with Crippen molar-refractivity contribution in [3.8, 4) is 0 Å². The van der Waals surface area contributed by atoms with E-state index in [4.69, 9.17) is 5.73 Å². The van der Waals surface area contributed by atoms with Crippen LogP contribution in [0, 0.1) is 17.8 Å². The van der Waals surface area contributed by atoms with Gasteiger partial charge in [-0.05, 0) is 61.6 Å². The summed E-state index contributed by atoms with van der Waals surface area (Å²) in [5, 5.41) is 2.78. The number of hydrogen-bond donors (Lipinski definition) is 2. The number of rotatable bonds is 5. The number of carbonyl (C=O) groups excluding carboxylic acids is 1. The molecule has 0 aliphatic heterocycles. The Morgan fingerprint density at radius 3 is 2.52 bits per heavy atom. The molecule has 0 heterocycles. The molecule has 3 aliphatic rings. The average molecular weight is 391 g/mol. The quantitative estimate of drug-likeness (QED) is 0.808. The summed E-state index contributed by atoms with van der Waals surface area (Å²) in [7, 11) is -3.15.